The van der Waals surface area contributed by atoms with E-state index in [1.54, 1.807) is 19.5 Å². The van der Waals surface area contributed by atoms with Crippen LogP contribution in [0.25, 0.3) is 27.8 Å². The summed E-state index contributed by atoms with van der Waals surface area (Å²) in [4.78, 5) is 12.7. The average molecular weight is 443 g/mol. The van der Waals surface area contributed by atoms with Crippen LogP contribution in [-0.4, -0.2) is 51.8 Å². The minimum absolute atomic E-state index is 0.301. The number of rotatable bonds is 4. The molecule has 0 amide bonds. The molecule has 5 rings (SSSR count). The molecule has 1 fully saturated rings. The largest absolute Gasteiger partial charge is 0.363 e. The van der Waals surface area contributed by atoms with Crippen LogP contribution in [0, 0.1) is 0 Å². The monoisotopic (exact) mass is 442 g/mol. The number of H-pyrrole nitrogens is 1. The minimum Gasteiger partial charge on any atom is -0.363 e. The second-order valence-electron chi connectivity index (χ2n) is 8.19. The number of aromatic amines is 1. The molecule has 0 bridgehead atoms. The highest BCUT2D eigenvalue weighted by Crippen LogP contribution is 2.38. The third-order valence-electron chi connectivity index (χ3n) is 5.66. The molecular weight excluding hydrogens is 419 g/mol. The molecule has 0 aliphatic carbocycles. The number of anilines is 1. The number of nitrogens with zero attached hydrogens (tertiary/aromatic N) is 3. The van der Waals surface area contributed by atoms with Crippen molar-refractivity contribution in [1.82, 2.24) is 24.7 Å². The van der Waals surface area contributed by atoms with Gasteiger partial charge in [0.2, 0.25) is 0 Å². The molecule has 1 saturated heterocycles. The molecule has 0 unspecified atom stereocenters. The second kappa shape index (κ2) is 7.41. The summed E-state index contributed by atoms with van der Waals surface area (Å²) in [6, 6.07) is 6.17. The smallest absolute Gasteiger partial charge is 0.181 e. The lowest BCUT2D eigenvalue weighted by atomic mass is 10.1. The molecule has 4 aromatic rings. The van der Waals surface area contributed by atoms with Crippen molar-refractivity contribution < 1.29 is 4.57 Å². The predicted octanol–water partition coefficient (Wildman–Crippen LogP) is 3.94. The number of imidazole rings is 1. The molecule has 3 aromatic heterocycles. The van der Waals surface area contributed by atoms with E-state index in [0.717, 1.165) is 53.5 Å². The highest BCUT2D eigenvalue weighted by molar-refractivity contribution is 7.70. The summed E-state index contributed by atoms with van der Waals surface area (Å²) in [5.74, 6) is 0.727. The van der Waals surface area contributed by atoms with Gasteiger partial charge in [-0.3, -0.25) is 4.40 Å². The summed E-state index contributed by atoms with van der Waals surface area (Å²) in [6.45, 7) is 5.51. The van der Waals surface area contributed by atoms with Crippen LogP contribution < -0.4 is 15.9 Å². The van der Waals surface area contributed by atoms with Gasteiger partial charge in [0.1, 0.15) is 18.0 Å². The Balaban J connectivity index is 1.63. The zero-order valence-electron chi connectivity index (χ0n) is 16.9. The van der Waals surface area contributed by atoms with Crippen molar-refractivity contribution in [2.24, 2.45) is 0 Å². The van der Waals surface area contributed by atoms with Gasteiger partial charge in [-0.1, -0.05) is 23.7 Å². The summed E-state index contributed by atoms with van der Waals surface area (Å²) in [5, 5.41) is 9.32. The molecule has 1 aliphatic heterocycles. The van der Waals surface area contributed by atoms with Crippen molar-refractivity contribution in [3.8, 4) is 11.3 Å². The van der Waals surface area contributed by atoms with Gasteiger partial charge in [0, 0.05) is 52.9 Å². The van der Waals surface area contributed by atoms with Crippen LogP contribution in [-0.2, 0) is 4.57 Å². The number of piperidine rings is 1. The number of halogens is 1. The van der Waals surface area contributed by atoms with Gasteiger partial charge in [-0.15, -0.1) is 0 Å². The van der Waals surface area contributed by atoms with Gasteiger partial charge in [0.15, 0.2) is 11.5 Å². The van der Waals surface area contributed by atoms with Gasteiger partial charge in [-0.05, 0) is 38.8 Å². The fraction of sp³-hybridized carbons (Fsp3) is 0.333. The van der Waals surface area contributed by atoms with Gasteiger partial charge in [-0.2, -0.15) is 0 Å². The second-order valence-corrected chi connectivity index (χ2v) is 11.8. The lowest BCUT2D eigenvalue weighted by Gasteiger charge is -2.24. The first-order chi connectivity index (χ1) is 14.4. The minimum atomic E-state index is -2.34. The first-order valence-electron chi connectivity index (χ1n) is 10.1. The van der Waals surface area contributed by atoms with E-state index < -0.39 is 7.14 Å². The zero-order valence-corrected chi connectivity index (χ0v) is 18.6. The third kappa shape index (κ3) is 3.41. The molecule has 7 nitrogen and oxygen atoms in total. The van der Waals surface area contributed by atoms with E-state index in [1.165, 1.54) is 0 Å². The Morgan fingerprint density at radius 2 is 2.20 bits per heavy atom. The summed E-state index contributed by atoms with van der Waals surface area (Å²) in [5.41, 5.74) is 3.22. The number of hydrogen-bond acceptors (Lipinski definition) is 5. The maximum atomic E-state index is 12.5. The van der Waals surface area contributed by atoms with Crippen LogP contribution in [0.1, 0.15) is 12.8 Å². The summed E-state index contributed by atoms with van der Waals surface area (Å²) < 4.78 is 14.3. The molecule has 0 radical (unpaired) electrons. The first-order valence-corrected chi connectivity index (χ1v) is 13.1. The van der Waals surface area contributed by atoms with E-state index in [-0.39, 0.29) is 0 Å². The molecule has 4 heterocycles. The van der Waals surface area contributed by atoms with E-state index in [4.69, 9.17) is 16.6 Å². The van der Waals surface area contributed by atoms with E-state index >= 15 is 0 Å². The molecular formula is C21H24ClN6OP. The Bertz CT molecular complexity index is 1280. The van der Waals surface area contributed by atoms with E-state index in [2.05, 4.69) is 20.6 Å². The molecule has 1 aliphatic rings. The Hall–Kier alpha value is -2.34. The van der Waals surface area contributed by atoms with E-state index in [1.807, 2.05) is 35.0 Å². The quantitative estimate of drug-likeness (QED) is 0.417. The maximum absolute atomic E-state index is 12.5. The summed E-state index contributed by atoms with van der Waals surface area (Å²) in [7, 11) is -2.34. The molecule has 0 saturated carbocycles. The Kier molecular flexibility index (Phi) is 4.85. The van der Waals surface area contributed by atoms with Gasteiger partial charge >= 0.3 is 0 Å². The van der Waals surface area contributed by atoms with Crippen LogP contribution >= 0.6 is 18.7 Å². The predicted molar refractivity (Wildman–Crippen MR) is 124 cm³/mol. The van der Waals surface area contributed by atoms with Crippen LogP contribution in [0.2, 0.25) is 5.15 Å². The fourth-order valence-corrected chi connectivity index (χ4v) is 5.19. The topological polar surface area (TPSA) is 87.1 Å². The molecule has 30 heavy (non-hydrogen) atoms. The standard InChI is InChI=1S/C21H24ClN6OP/c1-30(2,29)14-5-6-15-16(12-25-17(15)10-14)18-19(22)28-9-8-24-21(28)20(27-18)26-13-4-3-7-23-11-13/h5-6,8-10,12-13,23,25H,3-4,7,11H2,1-2H3,(H,26,27)/t13-/m0/s1. The van der Waals surface area contributed by atoms with Crippen LogP contribution in [0.5, 0.6) is 0 Å². The van der Waals surface area contributed by atoms with E-state index in [0.29, 0.717) is 22.5 Å². The van der Waals surface area contributed by atoms with E-state index in [9.17, 15) is 4.57 Å². The molecule has 1 atom stereocenters. The van der Waals surface area contributed by atoms with Gasteiger partial charge in [-0.25, -0.2) is 9.97 Å². The van der Waals surface area contributed by atoms with Gasteiger partial charge in [0.05, 0.1) is 0 Å². The Morgan fingerprint density at radius 3 is 2.97 bits per heavy atom. The normalized spacial score (nSPS) is 17.6. The van der Waals surface area contributed by atoms with Crippen LogP contribution in [0.15, 0.2) is 36.8 Å². The Morgan fingerprint density at radius 1 is 1.33 bits per heavy atom. The van der Waals surface area contributed by atoms with Gasteiger partial charge in [0.25, 0.3) is 0 Å². The molecule has 1 aromatic carbocycles. The highest BCUT2D eigenvalue weighted by Gasteiger charge is 2.21. The van der Waals surface area contributed by atoms with Crippen molar-refractivity contribution in [3.05, 3.63) is 41.9 Å². The average Bonchev–Trinajstić information content (AvgIpc) is 3.37. The molecule has 0 spiro atoms. The molecule has 156 valence electrons. The number of aromatic nitrogens is 4. The SMILES string of the molecule is CP(C)(=O)c1ccc2c(-c3nc(N[C@H]4CCCNC4)c4nccn4c3Cl)c[nH]c2c1. The van der Waals surface area contributed by atoms with Crippen molar-refractivity contribution in [3.63, 3.8) is 0 Å². The number of hydrogen-bond donors (Lipinski definition) is 3. The van der Waals surface area contributed by atoms with Crippen LogP contribution in [0.3, 0.4) is 0 Å². The maximum Gasteiger partial charge on any atom is 0.181 e. The third-order valence-corrected chi connectivity index (χ3v) is 7.55. The lowest BCUT2D eigenvalue weighted by Crippen LogP contribution is -2.38. The number of nitrogens with one attached hydrogen (secondary N) is 3. The fourth-order valence-electron chi connectivity index (χ4n) is 4.04. The highest BCUT2D eigenvalue weighted by atomic mass is 35.5. The summed E-state index contributed by atoms with van der Waals surface area (Å²) in [6.07, 6.45) is 7.71. The number of fused-ring (bicyclic) bond motifs is 2. The molecule has 9 heteroatoms. The van der Waals surface area contributed by atoms with Crippen molar-refractivity contribution in [1.29, 1.82) is 0 Å². The molecule has 3 N–H and O–H groups in total. The van der Waals surface area contributed by atoms with Gasteiger partial charge < -0.3 is 20.2 Å². The summed E-state index contributed by atoms with van der Waals surface area (Å²) >= 11 is 6.76. The van der Waals surface area contributed by atoms with Crippen molar-refractivity contribution in [2.45, 2.75) is 18.9 Å². The Labute approximate surface area is 179 Å². The lowest BCUT2D eigenvalue weighted by molar-refractivity contribution is 0.479. The zero-order chi connectivity index (χ0) is 20.9. The first kappa shape index (κ1) is 19.6. The van der Waals surface area contributed by atoms with Crippen molar-refractivity contribution in [2.75, 3.05) is 31.7 Å². The number of benzene rings is 1. The van der Waals surface area contributed by atoms with Crippen molar-refractivity contribution >= 4 is 46.4 Å². The van der Waals surface area contributed by atoms with Crippen LogP contribution in [0.4, 0.5) is 5.82 Å².